The highest BCUT2D eigenvalue weighted by atomic mass is 32.2. The predicted molar refractivity (Wildman–Crippen MR) is 71.0 cm³/mol. The molecule has 1 amide bonds. The van der Waals surface area contributed by atoms with E-state index in [2.05, 4.69) is 9.97 Å². The third-order valence-electron chi connectivity index (χ3n) is 2.98. The average Bonchev–Trinajstić information content (AvgIpc) is 2.65. The molecule has 0 fully saturated rings. The van der Waals surface area contributed by atoms with Crippen LogP contribution in [0, 0.1) is 0 Å². The molecule has 1 unspecified atom stereocenters. The largest absolute Gasteiger partial charge is 0.378 e. The molecule has 96 valence electrons. The van der Waals surface area contributed by atoms with E-state index in [0.29, 0.717) is 5.56 Å². The Bertz CT molecular complexity index is 633. The van der Waals surface area contributed by atoms with E-state index in [1.54, 1.807) is 31.7 Å². The van der Waals surface area contributed by atoms with Gasteiger partial charge in [0.05, 0.1) is 11.9 Å². The highest BCUT2D eigenvalue weighted by Crippen LogP contribution is 2.38. The van der Waals surface area contributed by atoms with Gasteiger partial charge >= 0.3 is 0 Å². The molecule has 0 saturated heterocycles. The van der Waals surface area contributed by atoms with Gasteiger partial charge in [0, 0.05) is 29.9 Å². The molecule has 1 aromatic heterocycles. The first-order chi connectivity index (χ1) is 9.16. The van der Waals surface area contributed by atoms with E-state index < -0.39 is 6.10 Å². The van der Waals surface area contributed by atoms with Gasteiger partial charge < -0.3 is 10.0 Å². The van der Waals surface area contributed by atoms with Gasteiger partial charge in [-0.1, -0.05) is 17.8 Å². The summed E-state index contributed by atoms with van der Waals surface area (Å²) in [6.45, 7) is 0. The van der Waals surface area contributed by atoms with E-state index in [4.69, 9.17) is 0 Å². The fourth-order valence-corrected chi connectivity index (χ4v) is 2.78. The number of hydrogen-bond donors (Lipinski definition) is 1. The number of likely N-dealkylation sites (N-methyl/N-ethyl adjacent to an activating group) is 1. The Hall–Kier alpha value is -1.92. The normalized spacial score (nSPS) is 17.7. The van der Waals surface area contributed by atoms with Gasteiger partial charge in [-0.15, -0.1) is 0 Å². The van der Waals surface area contributed by atoms with Crippen molar-refractivity contribution in [1.29, 1.82) is 0 Å². The highest BCUT2D eigenvalue weighted by molar-refractivity contribution is 7.99. The fraction of sp³-hybridized carbons (Fsp3) is 0.154. The van der Waals surface area contributed by atoms with Gasteiger partial charge in [-0.3, -0.25) is 9.78 Å². The minimum Gasteiger partial charge on any atom is -0.378 e. The minimum absolute atomic E-state index is 0.295. The van der Waals surface area contributed by atoms with Crippen molar-refractivity contribution in [3.63, 3.8) is 0 Å². The number of hydrogen-bond acceptors (Lipinski definition) is 5. The smallest absolute Gasteiger partial charge is 0.260 e. The second-order valence-corrected chi connectivity index (χ2v) is 5.26. The Balaban J connectivity index is 1.93. The SMILES string of the molecule is CN1C(=O)C(O)c2ccc(Sc3cnccn3)cc21. The molecule has 3 rings (SSSR count). The zero-order valence-electron chi connectivity index (χ0n) is 10.1. The molecule has 1 aromatic carbocycles. The topological polar surface area (TPSA) is 66.3 Å². The second-order valence-electron chi connectivity index (χ2n) is 4.17. The van der Waals surface area contributed by atoms with Crippen LogP contribution >= 0.6 is 11.8 Å². The van der Waals surface area contributed by atoms with Crippen molar-refractivity contribution in [3.8, 4) is 0 Å². The van der Waals surface area contributed by atoms with E-state index in [0.717, 1.165) is 15.6 Å². The first-order valence-corrected chi connectivity index (χ1v) is 6.52. The summed E-state index contributed by atoms with van der Waals surface area (Å²) < 4.78 is 0. The molecule has 0 aliphatic carbocycles. The Morgan fingerprint density at radius 1 is 1.37 bits per heavy atom. The Labute approximate surface area is 114 Å². The summed E-state index contributed by atoms with van der Waals surface area (Å²) in [6, 6.07) is 5.52. The Kier molecular flexibility index (Phi) is 2.96. The molecule has 2 aromatic rings. The number of aliphatic hydroxyl groups is 1. The summed E-state index contributed by atoms with van der Waals surface area (Å²) in [5.74, 6) is -0.295. The van der Waals surface area contributed by atoms with Crippen LogP contribution in [0.2, 0.25) is 0 Å². The third kappa shape index (κ3) is 2.09. The summed E-state index contributed by atoms with van der Waals surface area (Å²) >= 11 is 1.46. The number of aromatic nitrogens is 2. The van der Waals surface area contributed by atoms with Crippen molar-refractivity contribution in [2.24, 2.45) is 0 Å². The molecule has 1 aliphatic rings. The lowest BCUT2D eigenvalue weighted by Gasteiger charge is -2.10. The number of carbonyl (C=O) groups excluding carboxylic acids is 1. The molecule has 2 heterocycles. The van der Waals surface area contributed by atoms with Gasteiger partial charge in [0.2, 0.25) is 0 Å². The maximum absolute atomic E-state index is 11.7. The first-order valence-electron chi connectivity index (χ1n) is 5.70. The summed E-state index contributed by atoms with van der Waals surface area (Å²) in [7, 11) is 1.66. The first kappa shape index (κ1) is 12.1. The zero-order valence-corrected chi connectivity index (χ0v) is 11.0. The van der Waals surface area contributed by atoms with Crippen molar-refractivity contribution < 1.29 is 9.90 Å². The number of carbonyl (C=O) groups is 1. The van der Waals surface area contributed by atoms with Gasteiger partial charge in [0.25, 0.3) is 5.91 Å². The van der Waals surface area contributed by atoms with Crippen LogP contribution in [-0.2, 0) is 4.79 Å². The van der Waals surface area contributed by atoms with Crippen LogP contribution in [0.15, 0.2) is 46.7 Å². The van der Waals surface area contributed by atoms with Crippen LogP contribution in [0.1, 0.15) is 11.7 Å². The van der Waals surface area contributed by atoms with Crippen molar-refractivity contribution >= 4 is 23.4 Å². The third-order valence-corrected chi connectivity index (χ3v) is 3.89. The van der Waals surface area contributed by atoms with Crippen LogP contribution in [0.3, 0.4) is 0 Å². The standard InChI is InChI=1S/C13H11N3O2S/c1-16-10-6-8(19-11-7-14-4-5-15-11)2-3-9(10)12(17)13(16)18/h2-7,12,17H,1H3. The maximum Gasteiger partial charge on any atom is 0.260 e. The Morgan fingerprint density at radius 3 is 2.95 bits per heavy atom. The second kappa shape index (κ2) is 4.64. The molecular weight excluding hydrogens is 262 g/mol. The van der Waals surface area contributed by atoms with Crippen molar-refractivity contribution in [1.82, 2.24) is 9.97 Å². The number of fused-ring (bicyclic) bond motifs is 1. The van der Waals surface area contributed by atoms with E-state index in [-0.39, 0.29) is 5.91 Å². The summed E-state index contributed by atoms with van der Waals surface area (Å²) in [5.41, 5.74) is 1.39. The molecule has 6 heteroatoms. The number of aliphatic hydroxyl groups excluding tert-OH is 1. The number of rotatable bonds is 2. The average molecular weight is 273 g/mol. The van der Waals surface area contributed by atoms with Gasteiger partial charge in [-0.25, -0.2) is 4.98 Å². The van der Waals surface area contributed by atoms with Crippen molar-refractivity contribution in [2.45, 2.75) is 16.0 Å². The van der Waals surface area contributed by atoms with E-state index in [1.807, 2.05) is 12.1 Å². The number of amides is 1. The van der Waals surface area contributed by atoms with Crippen LogP contribution in [0.4, 0.5) is 5.69 Å². The van der Waals surface area contributed by atoms with E-state index in [9.17, 15) is 9.90 Å². The lowest BCUT2D eigenvalue weighted by molar-refractivity contribution is -0.125. The van der Waals surface area contributed by atoms with Crippen LogP contribution in [0.5, 0.6) is 0 Å². The van der Waals surface area contributed by atoms with Crippen molar-refractivity contribution in [3.05, 3.63) is 42.4 Å². The van der Waals surface area contributed by atoms with Crippen LogP contribution in [-0.4, -0.2) is 28.0 Å². The van der Waals surface area contributed by atoms with E-state index >= 15 is 0 Å². The molecule has 1 N–H and O–H groups in total. The fourth-order valence-electron chi connectivity index (χ4n) is 2.00. The highest BCUT2D eigenvalue weighted by Gasteiger charge is 2.33. The molecule has 1 aliphatic heterocycles. The quantitative estimate of drug-likeness (QED) is 0.901. The van der Waals surface area contributed by atoms with Gasteiger partial charge in [0.15, 0.2) is 6.10 Å². The number of benzene rings is 1. The van der Waals surface area contributed by atoms with Gasteiger partial charge in [-0.05, 0) is 12.1 Å². The summed E-state index contributed by atoms with van der Waals surface area (Å²) in [5, 5.41) is 10.6. The maximum atomic E-state index is 11.7. The van der Waals surface area contributed by atoms with E-state index in [1.165, 1.54) is 16.7 Å². The molecular formula is C13H11N3O2S. The zero-order chi connectivity index (χ0) is 13.4. The monoisotopic (exact) mass is 273 g/mol. The molecule has 0 spiro atoms. The molecule has 19 heavy (non-hydrogen) atoms. The van der Waals surface area contributed by atoms with Gasteiger partial charge in [-0.2, -0.15) is 0 Å². The van der Waals surface area contributed by atoms with Crippen LogP contribution < -0.4 is 4.90 Å². The number of nitrogens with zero attached hydrogens (tertiary/aromatic N) is 3. The molecule has 1 atom stereocenters. The lowest BCUT2D eigenvalue weighted by atomic mass is 10.1. The molecule has 5 nitrogen and oxygen atoms in total. The summed E-state index contributed by atoms with van der Waals surface area (Å²) in [4.78, 5) is 22.3. The van der Waals surface area contributed by atoms with Gasteiger partial charge in [0.1, 0.15) is 5.03 Å². The molecule has 0 radical (unpaired) electrons. The lowest BCUT2D eigenvalue weighted by Crippen LogP contribution is -2.23. The predicted octanol–water partition coefficient (Wildman–Crippen LogP) is 1.64. The van der Waals surface area contributed by atoms with Crippen molar-refractivity contribution in [2.75, 3.05) is 11.9 Å². The van der Waals surface area contributed by atoms with Crippen LogP contribution in [0.25, 0.3) is 0 Å². The molecule has 0 bridgehead atoms. The number of anilines is 1. The molecule has 0 saturated carbocycles. The Morgan fingerprint density at radius 2 is 2.21 bits per heavy atom. The summed E-state index contributed by atoms with van der Waals surface area (Å²) in [6.07, 6.45) is 3.89. The minimum atomic E-state index is -1.05.